The predicted molar refractivity (Wildman–Crippen MR) is 42.9 cm³/mol. The Balaban J connectivity index is 3.31. The molecule has 0 aliphatic carbocycles. The molecule has 0 unspecified atom stereocenters. The molecule has 0 bridgehead atoms. The van der Waals surface area contributed by atoms with Gasteiger partial charge in [-0.15, -0.1) is 0 Å². The smallest absolute Gasteiger partial charge is 0.123 e. The molecule has 0 amide bonds. The fourth-order valence-corrected chi connectivity index (χ4v) is 0.925. The maximum atomic E-state index is 5.52. The van der Waals surface area contributed by atoms with Crippen LogP contribution in [0.5, 0.6) is 0 Å². The predicted octanol–water partition coefficient (Wildman–Crippen LogP) is 1.59. The zero-order valence-corrected chi connectivity index (χ0v) is 6.60. The van der Waals surface area contributed by atoms with Gasteiger partial charge in [-0.05, 0) is 38.0 Å². The van der Waals surface area contributed by atoms with Crippen LogP contribution < -0.4 is 5.73 Å². The molecule has 1 aromatic rings. The standard InChI is InChI=1S/C8H12N2/c1-5-4-8(9)10-7(3)6(5)2/h4H,1-3H3,(H2,9,10). The lowest BCUT2D eigenvalue weighted by molar-refractivity contribution is 1.13. The Bertz CT molecular complexity index is 230. The van der Waals surface area contributed by atoms with Crippen LogP contribution in [0.15, 0.2) is 6.07 Å². The van der Waals surface area contributed by atoms with Crippen LogP contribution in [0.3, 0.4) is 0 Å². The molecule has 2 nitrogen and oxygen atoms in total. The molecule has 54 valence electrons. The first-order chi connectivity index (χ1) is 4.61. The highest BCUT2D eigenvalue weighted by Gasteiger charge is 1.98. The van der Waals surface area contributed by atoms with E-state index in [1.807, 2.05) is 19.9 Å². The lowest BCUT2D eigenvalue weighted by atomic mass is 10.1. The van der Waals surface area contributed by atoms with E-state index in [4.69, 9.17) is 5.73 Å². The molecule has 0 saturated heterocycles. The Hall–Kier alpha value is -1.05. The number of hydrogen-bond acceptors (Lipinski definition) is 2. The summed E-state index contributed by atoms with van der Waals surface area (Å²) in [7, 11) is 0. The van der Waals surface area contributed by atoms with Gasteiger partial charge in [0.25, 0.3) is 0 Å². The zero-order chi connectivity index (χ0) is 7.72. The molecule has 0 aliphatic heterocycles. The summed E-state index contributed by atoms with van der Waals surface area (Å²) in [5, 5.41) is 0. The van der Waals surface area contributed by atoms with Gasteiger partial charge in [-0.25, -0.2) is 4.98 Å². The second-order valence-corrected chi connectivity index (χ2v) is 2.57. The van der Waals surface area contributed by atoms with Gasteiger partial charge in [-0.2, -0.15) is 0 Å². The van der Waals surface area contributed by atoms with Crippen molar-refractivity contribution < 1.29 is 0 Å². The first-order valence-electron chi connectivity index (χ1n) is 3.31. The molecule has 0 aromatic carbocycles. The highest BCUT2D eigenvalue weighted by Crippen LogP contribution is 2.11. The third kappa shape index (κ3) is 1.10. The normalized spacial score (nSPS) is 9.90. The molecule has 10 heavy (non-hydrogen) atoms. The highest BCUT2D eigenvalue weighted by molar-refractivity contribution is 5.39. The minimum atomic E-state index is 0.612. The van der Waals surface area contributed by atoms with E-state index >= 15 is 0 Å². The molecule has 1 rings (SSSR count). The van der Waals surface area contributed by atoms with Crippen molar-refractivity contribution >= 4 is 5.82 Å². The molecule has 0 radical (unpaired) electrons. The highest BCUT2D eigenvalue weighted by atomic mass is 14.8. The third-order valence-corrected chi connectivity index (χ3v) is 1.80. The van der Waals surface area contributed by atoms with E-state index in [1.54, 1.807) is 0 Å². The average Bonchev–Trinajstić information content (AvgIpc) is 1.82. The molecular weight excluding hydrogens is 124 g/mol. The number of nitrogens with zero attached hydrogens (tertiary/aromatic N) is 1. The van der Waals surface area contributed by atoms with Gasteiger partial charge < -0.3 is 5.73 Å². The maximum absolute atomic E-state index is 5.52. The van der Waals surface area contributed by atoms with Gasteiger partial charge in [0, 0.05) is 5.69 Å². The van der Waals surface area contributed by atoms with E-state index in [-0.39, 0.29) is 0 Å². The molecule has 0 atom stereocenters. The molecule has 2 heteroatoms. The van der Waals surface area contributed by atoms with Gasteiger partial charge in [0.05, 0.1) is 0 Å². The first kappa shape index (κ1) is 7.06. The monoisotopic (exact) mass is 136 g/mol. The van der Waals surface area contributed by atoms with Crippen LogP contribution >= 0.6 is 0 Å². The Morgan fingerprint density at radius 2 is 1.90 bits per heavy atom. The molecule has 0 spiro atoms. The van der Waals surface area contributed by atoms with Crippen molar-refractivity contribution in [3.8, 4) is 0 Å². The number of hydrogen-bond donors (Lipinski definition) is 1. The van der Waals surface area contributed by atoms with Crippen molar-refractivity contribution in [3.05, 3.63) is 22.9 Å². The minimum absolute atomic E-state index is 0.612. The number of aryl methyl sites for hydroxylation is 2. The summed E-state index contributed by atoms with van der Waals surface area (Å²) in [4.78, 5) is 4.11. The Kier molecular flexibility index (Phi) is 1.62. The van der Waals surface area contributed by atoms with E-state index in [1.165, 1.54) is 11.1 Å². The molecule has 1 heterocycles. The van der Waals surface area contributed by atoms with Crippen molar-refractivity contribution in [1.82, 2.24) is 4.98 Å². The number of anilines is 1. The summed E-state index contributed by atoms with van der Waals surface area (Å²) < 4.78 is 0. The fourth-order valence-electron chi connectivity index (χ4n) is 0.925. The first-order valence-corrected chi connectivity index (χ1v) is 3.31. The van der Waals surface area contributed by atoms with E-state index in [2.05, 4.69) is 11.9 Å². The van der Waals surface area contributed by atoms with E-state index < -0.39 is 0 Å². The largest absolute Gasteiger partial charge is 0.384 e. The number of aromatic nitrogens is 1. The van der Waals surface area contributed by atoms with Crippen molar-refractivity contribution in [2.75, 3.05) is 5.73 Å². The molecular formula is C8H12N2. The summed E-state index contributed by atoms with van der Waals surface area (Å²) in [6, 6.07) is 1.89. The SMILES string of the molecule is Cc1cc(N)nc(C)c1C. The summed E-state index contributed by atoms with van der Waals surface area (Å²) in [6.45, 7) is 6.07. The number of pyridine rings is 1. The maximum Gasteiger partial charge on any atom is 0.123 e. The Morgan fingerprint density at radius 1 is 1.30 bits per heavy atom. The number of rotatable bonds is 0. The number of nitrogens with two attached hydrogens (primary N) is 1. The zero-order valence-electron chi connectivity index (χ0n) is 6.60. The van der Waals surface area contributed by atoms with Gasteiger partial charge >= 0.3 is 0 Å². The van der Waals surface area contributed by atoms with Gasteiger partial charge in [-0.1, -0.05) is 0 Å². The van der Waals surface area contributed by atoms with Gasteiger partial charge in [-0.3, -0.25) is 0 Å². The summed E-state index contributed by atoms with van der Waals surface area (Å²) >= 11 is 0. The molecule has 0 saturated carbocycles. The third-order valence-electron chi connectivity index (χ3n) is 1.80. The van der Waals surface area contributed by atoms with Crippen LogP contribution in [0.1, 0.15) is 16.8 Å². The van der Waals surface area contributed by atoms with Gasteiger partial charge in [0.1, 0.15) is 5.82 Å². The molecule has 0 aliphatic rings. The van der Waals surface area contributed by atoms with Crippen molar-refractivity contribution in [3.63, 3.8) is 0 Å². The Morgan fingerprint density at radius 3 is 2.40 bits per heavy atom. The van der Waals surface area contributed by atoms with Crippen LogP contribution in [-0.4, -0.2) is 4.98 Å². The quantitative estimate of drug-likeness (QED) is 0.588. The Labute approximate surface area is 61.1 Å². The summed E-state index contributed by atoms with van der Waals surface area (Å²) in [5.41, 5.74) is 8.99. The average molecular weight is 136 g/mol. The minimum Gasteiger partial charge on any atom is -0.384 e. The van der Waals surface area contributed by atoms with Crippen molar-refractivity contribution in [1.29, 1.82) is 0 Å². The van der Waals surface area contributed by atoms with E-state index in [9.17, 15) is 0 Å². The van der Waals surface area contributed by atoms with E-state index in [0.29, 0.717) is 5.82 Å². The second-order valence-electron chi connectivity index (χ2n) is 2.57. The van der Waals surface area contributed by atoms with Gasteiger partial charge in [0.2, 0.25) is 0 Å². The van der Waals surface area contributed by atoms with Crippen molar-refractivity contribution in [2.24, 2.45) is 0 Å². The second kappa shape index (κ2) is 2.29. The van der Waals surface area contributed by atoms with Crippen LogP contribution in [0.4, 0.5) is 5.82 Å². The van der Waals surface area contributed by atoms with Crippen LogP contribution in [0.2, 0.25) is 0 Å². The van der Waals surface area contributed by atoms with Crippen LogP contribution in [-0.2, 0) is 0 Å². The summed E-state index contributed by atoms with van der Waals surface area (Å²) in [6.07, 6.45) is 0. The van der Waals surface area contributed by atoms with E-state index in [0.717, 1.165) is 5.69 Å². The topological polar surface area (TPSA) is 38.9 Å². The molecule has 2 N–H and O–H groups in total. The van der Waals surface area contributed by atoms with Gasteiger partial charge in [0.15, 0.2) is 0 Å². The van der Waals surface area contributed by atoms with Crippen LogP contribution in [0.25, 0.3) is 0 Å². The summed E-state index contributed by atoms with van der Waals surface area (Å²) in [5.74, 6) is 0.612. The fraction of sp³-hybridized carbons (Fsp3) is 0.375. The van der Waals surface area contributed by atoms with Crippen LogP contribution in [0, 0.1) is 20.8 Å². The number of nitrogen functional groups attached to an aromatic ring is 1. The lowest BCUT2D eigenvalue weighted by Crippen LogP contribution is -1.96. The molecule has 0 fully saturated rings. The molecule has 1 aromatic heterocycles. The lowest BCUT2D eigenvalue weighted by Gasteiger charge is -2.03. The van der Waals surface area contributed by atoms with Crippen molar-refractivity contribution in [2.45, 2.75) is 20.8 Å².